The smallest absolute Gasteiger partial charge is 0.305 e. The number of hydrogen-bond acceptors (Lipinski definition) is 5. The van der Waals surface area contributed by atoms with E-state index < -0.39 is 12.1 Å². The van der Waals surface area contributed by atoms with E-state index in [0.29, 0.717) is 19.4 Å². The molecule has 2 atom stereocenters. The summed E-state index contributed by atoms with van der Waals surface area (Å²) in [4.78, 5) is 24.5. The fourth-order valence-electron chi connectivity index (χ4n) is 11.2. The van der Waals surface area contributed by atoms with Crippen molar-refractivity contribution in [1.82, 2.24) is 5.32 Å². The Bertz CT molecular complexity index is 1280. The Morgan fingerprint density at radius 1 is 0.342 bits per heavy atom. The van der Waals surface area contributed by atoms with Crippen LogP contribution in [0.5, 0.6) is 0 Å². The molecule has 0 aliphatic rings. The molecule has 0 saturated carbocycles. The Balaban J connectivity index is 3.34. The number of nitrogens with one attached hydrogen (secondary N) is 1. The minimum atomic E-state index is -0.841. The van der Waals surface area contributed by atoms with Crippen LogP contribution in [0.1, 0.15) is 393 Å². The van der Waals surface area contributed by atoms with Crippen LogP contribution < -0.4 is 5.32 Å². The molecule has 0 aromatic carbocycles. The van der Waals surface area contributed by atoms with Crippen LogP contribution in [0, 0.1) is 0 Å². The van der Waals surface area contributed by atoms with E-state index in [1.807, 2.05) is 6.08 Å². The molecule has 3 N–H and O–H groups in total. The first kappa shape index (κ1) is 77.1. The molecule has 0 fully saturated rings. The van der Waals surface area contributed by atoms with Crippen molar-refractivity contribution >= 4 is 11.9 Å². The maximum atomic E-state index is 12.5. The first-order valence-electron chi connectivity index (χ1n) is 35.8. The molecule has 0 aromatic heterocycles. The topological polar surface area (TPSA) is 95.9 Å². The monoisotopic (exact) mass is 1110 g/mol. The normalized spacial score (nSPS) is 12.7. The van der Waals surface area contributed by atoms with Gasteiger partial charge in [-0.25, -0.2) is 0 Å². The van der Waals surface area contributed by atoms with E-state index in [0.717, 1.165) is 44.9 Å². The van der Waals surface area contributed by atoms with Crippen molar-refractivity contribution in [2.45, 2.75) is 405 Å². The zero-order valence-electron chi connectivity index (χ0n) is 53.4. The predicted octanol–water partition coefficient (Wildman–Crippen LogP) is 23.1. The molecule has 0 spiro atoms. The van der Waals surface area contributed by atoms with Gasteiger partial charge in [0.15, 0.2) is 0 Å². The summed E-state index contributed by atoms with van der Waals surface area (Å²) in [5.41, 5.74) is 0. The van der Waals surface area contributed by atoms with Gasteiger partial charge in [-0.05, 0) is 83.5 Å². The third-order valence-electron chi connectivity index (χ3n) is 16.6. The number of esters is 1. The Labute approximate surface area is 494 Å². The third-order valence-corrected chi connectivity index (χ3v) is 16.6. The fraction of sp³-hybridized carbons (Fsp3) is 0.890. The Morgan fingerprint density at radius 2 is 0.595 bits per heavy atom. The minimum Gasteiger partial charge on any atom is -0.466 e. The van der Waals surface area contributed by atoms with Crippen LogP contribution in [-0.2, 0) is 14.3 Å². The summed E-state index contributed by atoms with van der Waals surface area (Å²) in [5, 5.41) is 23.1. The molecule has 0 heterocycles. The van der Waals surface area contributed by atoms with Gasteiger partial charge in [0, 0.05) is 12.8 Å². The second-order valence-electron chi connectivity index (χ2n) is 24.6. The largest absolute Gasteiger partial charge is 0.466 e. The van der Waals surface area contributed by atoms with Gasteiger partial charge in [-0.15, -0.1) is 0 Å². The molecule has 1 amide bonds. The summed E-state index contributed by atoms with van der Waals surface area (Å²) in [6.07, 6.45) is 88.1. The number of ether oxygens (including phenoxy) is 1. The molecule has 6 nitrogen and oxygen atoms in total. The van der Waals surface area contributed by atoms with Gasteiger partial charge < -0.3 is 20.3 Å². The van der Waals surface area contributed by atoms with E-state index >= 15 is 0 Å². The lowest BCUT2D eigenvalue weighted by molar-refractivity contribution is -0.143. The van der Waals surface area contributed by atoms with Gasteiger partial charge in [-0.1, -0.05) is 333 Å². The first-order valence-corrected chi connectivity index (χ1v) is 35.8. The Morgan fingerprint density at radius 3 is 0.899 bits per heavy atom. The average Bonchev–Trinajstić information content (AvgIpc) is 3.45. The van der Waals surface area contributed by atoms with Crippen LogP contribution in [0.15, 0.2) is 36.5 Å². The molecular weight excluding hydrogens is 971 g/mol. The zero-order valence-corrected chi connectivity index (χ0v) is 53.4. The maximum absolute atomic E-state index is 12.5. The number of amides is 1. The summed E-state index contributed by atoms with van der Waals surface area (Å²) in [6, 6.07) is -0.624. The van der Waals surface area contributed by atoms with E-state index in [4.69, 9.17) is 4.74 Å². The van der Waals surface area contributed by atoms with Crippen LogP contribution >= 0.6 is 0 Å². The van der Waals surface area contributed by atoms with Crippen LogP contribution in [0.25, 0.3) is 0 Å². The summed E-state index contributed by atoms with van der Waals surface area (Å²) < 4.78 is 5.50. The van der Waals surface area contributed by atoms with Crippen molar-refractivity contribution in [3.63, 3.8) is 0 Å². The third kappa shape index (κ3) is 65.1. The van der Waals surface area contributed by atoms with Crippen LogP contribution in [0.4, 0.5) is 0 Å². The molecule has 79 heavy (non-hydrogen) atoms. The lowest BCUT2D eigenvalue weighted by Gasteiger charge is -2.20. The Hall–Kier alpha value is -1.92. The van der Waals surface area contributed by atoms with E-state index in [1.54, 1.807) is 6.08 Å². The van der Waals surface area contributed by atoms with Gasteiger partial charge in [-0.3, -0.25) is 9.59 Å². The van der Waals surface area contributed by atoms with Crippen LogP contribution in [0.2, 0.25) is 0 Å². The minimum absolute atomic E-state index is 0.0154. The second kappa shape index (κ2) is 68.6. The molecule has 0 radical (unpaired) electrons. The van der Waals surface area contributed by atoms with Crippen molar-refractivity contribution in [3.8, 4) is 0 Å². The molecule has 466 valence electrons. The van der Waals surface area contributed by atoms with E-state index in [-0.39, 0.29) is 18.5 Å². The highest BCUT2D eigenvalue weighted by atomic mass is 16.5. The molecule has 0 aromatic rings. The quantitative estimate of drug-likeness (QED) is 0.0320. The van der Waals surface area contributed by atoms with Gasteiger partial charge in [0.1, 0.15) is 0 Å². The maximum Gasteiger partial charge on any atom is 0.305 e. The lowest BCUT2D eigenvalue weighted by atomic mass is 10.0. The summed E-state index contributed by atoms with van der Waals surface area (Å²) in [5.74, 6) is -0.0487. The lowest BCUT2D eigenvalue weighted by Crippen LogP contribution is -2.45. The first-order chi connectivity index (χ1) is 39.0. The number of allylic oxidation sites excluding steroid dienone is 5. The molecule has 0 bridgehead atoms. The van der Waals surface area contributed by atoms with Crippen LogP contribution in [0.3, 0.4) is 0 Å². The van der Waals surface area contributed by atoms with Crippen molar-refractivity contribution < 1.29 is 24.5 Å². The highest BCUT2D eigenvalue weighted by Crippen LogP contribution is 2.18. The number of aliphatic hydroxyl groups excluding tert-OH is 2. The highest BCUT2D eigenvalue weighted by molar-refractivity contribution is 5.76. The molecule has 2 unspecified atom stereocenters. The highest BCUT2D eigenvalue weighted by Gasteiger charge is 2.18. The number of carbonyl (C=O) groups excluding carboxylic acids is 2. The zero-order chi connectivity index (χ0) is 57.1. The number of rotatable bonds is 67. The second-order valence-corrected chi connectivity index (χ2v) is 24.6. The van der Waals surface area contributed by atoms with Crippen molar-refractivity contribution in [1.29, 1.82) is 0 Å². The molecule has 0 aliphatic carbocycles. The molecule has 6 heteroatoms. The van der Waals surface area contributed by atoms with E-state index in [1.165, 1.54) is 321 Å². The van der Waals surface area contributed by atoms with Crippen molar-refractivity contribution in [2.75, 3.05) is 13.2 Å². The van der Waals surface area contributed by atoms with Gasteiger partial charge in [0.05, 0.1) is 25.4 Å². The van der Waals surface area contributed by atoms with Gasteiger partial charge in [0.2, 0.25) is 5.91 Å². The standard InChI is InChI=1S/C73H139NO5/c1-3-5-7-9-11-13-15-17-18-36-40-43-47-51-55-59-63-67-73(78)79-68-64-60-56-52-48-44-41-38-35-33-31-29-27-25-23-21-19-20-22-24-26-28-30-32-34-37-39-42-46-50-54-58-62-66-72(77)74-70(69-75)71(76)65-61-57-53-49-45-16-14-12-10-8-6-4-2/h17-18,23,25,61,65,70-71,75-76H,3-16,19-22,24,26-60,62-64,66-69H2,1-2H3,(H,74,77)/b18-17-,25-23-,65-61+. The Kier molecular flexibility index (Phi) is 66.9. The van der Waals surface area contributed by atoms with Crippen LogP contribution in [-0.4, -0.2) is 47.4 Å². The molecule has 0 rings (SSSR count). The molecular formula is C73H139NO5. The average molecular weight is 1110 g/mol. The molecule has 0 saturated heterocycles. The number of unbranched alkanes of at least 4 members (excludes halogenated alkanes) is 52. The predicted molar refractivity (Wildman–Crippen MR) is 347 cm³/mol. The van der Waals surface area contributed by atoms with Crippen molar-refractivity contribution in [3.05, 3.63) is 36.5 Å². The number of aliphatic hydroxyl groups is 2. The summed E-state index contributed by atoms with van der Waals surface area (Å²) in [6.45, 7) is 4.92. The van der Waals surface area contributed by atoms with E-state index in [9.17, 15) is 19.8 Å². The number of hydrogen-bond donors (Lipinski definition) is 3. The van der Waals surface area contributed by atoms with Gasteiger partial charge in [0.25, 0.3) is 0 Å². The summed E-state index contributed by atoms with van der Waals surface area (Å²) in [7, 11) is 0. The van der Waals surface area contributed by atoms with Gasteiger partial charge >= 0.3 is 5.97 Å². The van der Waals surface area contributed by atoms with Crippen molar-refractivity contribution in [2.24, 2.45) is 0 Å². The van der Waals surface area contributed by atoms with E-state index in [2.05, 4.69) is 43.5 Å². The molecule has 0 aliphatic heterocycles. The number of carbonyl (C=O) groups is 2. The summed E-state index contributed by atoms with van der Waals surface area (Å²) >= 11 is 0. The SMILES string of the molecule is CCCCCCCC/C=C\CCCCCCCCCC(=O)OCCCCCCCCCCCCCC/C=C\CCCCCCCCCCCCCCCCCCCC(=O)NC(CO)C(O)/C=C/CCCCCCCCCCCC. The van der Waals surface area contributed by atoms with Gasteiger partial charge in [-0.2, -0.15) is 0 Å². The fourth-order valence-corrected chi connectivity index (χ4v) is 11.2.